The van der Waals surface area contributed by atoms with Gasteiger partial charge < -0.3 is 5.73 Å². The van der Waals surface area contributed by atoms with Crippen molar-refractivity contribution < 1.29 is 0 Å². The Kier molecular flexibility index (Phi) is 1.58. The largest absolute Gasteiger partial charge is 0.383 e. The summed E-state index contributed by atoms with van der Waals surface area (Å²) in [6.45, 7) is 0.473. The smallest absolute Gasteiger partial charge is 0.159 e. The Balaban J connectivity index is 2.35. The van der Waals surface area contributed by atoms with Crippen LogP contribution in [0.3, 0.4) is 0 Å². The minimum atomic E-state index is 0.473. The van der Waals surface area contributed by atoms with Crippen molar-refractivity contribution in [3.63, 3.8) is 0 Å². The van der Waals surface area contributed by atoms with Gasteiger partial charge in [0, 0.05) is 5.56 Å². The first-order valence-electron chi connectivity index (χ1n) is 4.65. The Labute approximate surface area is 86.3 Å². The molecule has 0 aliphatic carbocycles. The lowest BCUT2D eigenvalue weighted by Gasteiger charge is -2.06. The van der Waals surface area contributed by atoms with Crippen LogP contribution in [0.5, 0.6) is 0 Å². The van der Waals surface area contributed by atoms with Crippen molar-refractivity contribution in [2.24, 2.45) is 10.7 Å². The molecule has 1 aliphatic rings. The summed E-state index contributed by atoms with van der Waals surface area (Å²) in [4.78, 5) is 4.25. The molecule has 5 nitrogen and oxygen atoms in total. The number of benzene rings is 1. The molecule has 0 spiro atoms. The highest BCUT2D eigenvalue weighted by molar-refractivity contribution is 6.01. The van der Waals surface area contributed by atoms with Crippen molar-refractivity contribution in [3.05, 3.63) is 42.0 Å². The van der Waals surface area contributed by atoms with Crippen molar-refractivity contribution in [1.82, 2.24) is 14.8 Å². The molecule has 1 aliphatic heterocycles. The van der Waals surface area contributed by atoms with Crippen molar-refractivity contribution in [1.29, 1.82) is 0 Å². The number of aliphatic imine (C=N–C) groups is 1. The number of rotatable bonds is 0. The minimum absolute atomic E-state index is 0.473. The van der Waals surface area contributed by atoms with Crippen LogP contribution in [0, 0.1) is 0 Å². The van der Waals surface area contributed by atoms with Crippen molar-refractivity contribution >= 4 is 5.84 Å². The summed E-state index contributed by atoms with van der Waals surface area (Å²) in [7, 11) is 0. The summed E-state index contributed by atoms with van der Waals surface area (Å²) >= 11 is 0. The predicted octanol–water partition coefficient (Wildman–Crippen LogP) is 0.486. The van der Waals surface area contributed by atoms with Crippen LogP contribution in [0.25, 0.3) is 5.69 Å². The van der Waals surface area contributed by atoms with Crippen LogP contribution in [0.1, 0.15) is 11.4 Å². The van der Waals surface area contributed by atoms with Crippen molar-refractivity contribution in [2.75, 3.05) is 0 Å². The van der Waals surface area contributed by atoms with Gasteiger partial charge in [0.2, 0.25) is 0 Å². The van der Waals surface area contributed by atoms with Gasteiger partial charge in [-0.1, -0.05) is 12.1 Å². The van der Waals surface area contributed by atoms with Crippen LogP contribution in [-0.4, -0.2) is 20.6 Å². The topological polar surface area (TPSA) is 69.1 Å². The highest BCUT2D eigenvalue weighted by atomic mass is 15.3. The molecule has 0 saturated carbocycles. The van der Waals surface area contributed by atoms with Crippen LogP contribution >= 0.6 is 0 Å². The molecule has 0 fully saturated rings. The number of aromatic nitrogens is 3. The lowest BCUT2D eigenvalue weighted by Crippen LogP contribution is -2.14. The third-order valence-corrected chi connectivity index (χ3v) is 2.45. The van der Waals surface area contributed by atoms with Crippen LogP contribution in [0.2, 0.25) is 0 Å². The zero-order valence-electron chi connectivity index (χ0n) is 7.96. The molecule has 0 bridgehead atoms. The quantitative estimate of drug-likeness (QED) is 0.671. The fraction of sp³-hybridized carbons (Fsp3) is 0.100. The number of nitrogens with zero attached hydrogens (tertiary/aromatic N) is 4. The Morgan fingerprint density at radius 3 is 3.07 bits per heavy atom. The fourth-order valence-corrected chi connectivity index (χ4v) is 1.71. The second-order valence-electron chi connectivity index (χ2n) is 3.34. The summed E-state index contributed by atoms with van der Waals surface area (Å²) < 4.78 is 1.92. The maximum Gasteiger partial charge on any atom is 0.159 e. The predicted molar refractivity (Wildman–Crippen MR) is 55.8 cm³/mol. The normalized spacial score (nSPS) is 13.7. The van der Waals surface area contributed by atoms with Crippen LogP contribution in [0.4, 0.5) is 0 Å². The fourth-order valence-electron chi connectivity index (χ4n) is 1.71. The van der Waals surface area contributed by atoms with E-state index in [4.69, 9.17) is 5.73 Å². The molecule has 2 aromatic rings. The van der Waals surface area contributed by atoms with E-state index in [-0.39, 0.29) is 0 Å². The molecule has 3 rings (SSSR count). The van der Waals surface area contributed by atoms with Gasteiger partial charge in [-0.2, -0.15) is 0 Å². The van der Waals surface area contributed by atoms with E-state index in [9.17, 15) is 0 Å². The van der Waals surface area contributed by atoms with Gasteiger partial charge in [0.05, 0.1) is 5.69 Å². The van der Waals surface area contributed by atoms with Gasteiger partial charge in [-0.3, -0.25) is 9.56 Å². The Hall–Kier alpha value is -2.17. The summed E-state index contributed by atoms with van der Waals surface area (Å²) in [6, 6.07) is 7.83. The molecule has 2 N–H and O–H groups in total. The summed E-state index contributed by atoms with van der Waals surface area (Å²) in [6.07, 6.45) is 1.68. The lowest BCUT2D eigenvalue weighted by molar-refractivity contribution is 0.870. The van der Waals surface area contributed by atoms with E-state index < -0.39 is 0 Å². The number of hydrogen-bond acceptors (Lipinski definition) is 4. The zero-order chi connectivity index (χ0) is 10.3. The minimum Gasteiger partial charge on any atom is -0.383 e. The monoisotopic (exact) mass is 199 g/mol. The first-order valence-corrected chi connectivity index (χ1v) is 4.65. The van der Waals surface area contributed by atoms with Gasteiger partial charge in [-0.25, -0.2) is 0 Å². The maximum atomic E-state index is 5.87. The Morgan fingerprint density at radius 2 is 2.13 bits per heavy atom. The van der Waals surface area contributed by atoms with E-state index in [1.165, 1.54) is 0 Å². The number of fused-ring (bicyclic) bond motifs is 3. The molecule has 2 heterocycles. The first-order chi connectivity index (χ1) is 7.36. The Morgan fingerprint density at radius 1 is 1.27 bits per heavy atom. The number of amidine groups is 1. The summed E-state index contributed by atoms with van der Waals surface area (Å²) in [5.41, 5.74) is 7.78. The van der Waals surface area contributed by atoms with E-state index >= 15 is 0 Å². The van der Waals surface area contributed by atoms with Crippen LogP contribution in [-0.2, 0) is 6.54 Å². The standard InChI is InChI=1S/C10H9N5/c11-10-7-3-1-2-4-8(7)15-6-13-14-9(15)5-12-10/h1-4,6H,5H2,(H2,11,12). The van der Waals surface area contributed by atoms with Crippen molar-refractivity contribution in [3.8, 4) is 5.69 Å². The average molecular weight is 199 g/mol. The molecular weight excluding hydrogens is 190 g/mol. The lowest BCUT2D eigenvalue weighted by atomic mass is 10.1. The maximum absolute atomic E-state index is 5.87. The van der Waals surface area contributed by atoms with E-state index in [1.54, 1.807) is 6.33 Å². The number of nitrogens with two attached hydrogens (primary N) is 1. The molecule has 0 atom stereocenters. The van der Waals surface area contributed by atoms with Gasteiger partial charge in [-0.05, 0) is 12.1 Å². The van der Waals surface area contributed by atoms with E-state index in [1.807, 2.05) is 28.8 Å². The number of hydrogen-bond donors (Lipinski definition) is 1. The molecule has 74 valence electrons. The summed E-state index contributed by atoms with van der Waals surface area (Å²) in [5.74, 6) is 1.36. The van der Waals surface area contributed by atoms with Crippen LogP contribution in [0.15, 0.2) is 35.6 Å². The second-order valence-corrected chi connectivity index (χ2v) is 3.34. The third kappa shape index (κ3) is 1.13. The van der Waals surface area contributed by atoms with Gasteiger partial charge in [0.15, 0.2) is 5.82 Å². The van der Waals surface area contributed by atoms with Gasteiger partial charge in [-0.15, -0.1) is 10.2 Å². The van der Waals surface area contributed by atoms with E-state index in [2.05, 4.69) is 15.2 Å². The third-order valence-electron chi connectivity index (χ3n) is 2.45. The molecule has 1 aromatic carbocycles. The molecule has 0 radical (unpaired) electrons. The second kappa shape index (κ2) is 2.91. The van der Waals surface area contributed by atoms with E-state index in [0.29, 0.717) is 12.4 Å². The van der Waals surface area contributed by atoms with Crippen LogP contribution < -0.4 is 5.73 Å². The molecule has 1 aromatic heterocycles. The molecule has 0 amide bonds. The molecule has 0 unspecified atom stereocenters. The first kappa shape index (κ1) is 8.16. The molecule has 0 saturated heterocycles. The zero-order valence-corrected chi connectivity index (χ0v) is 7.96. The van der Waals surface area contributed by atoms with Gasteiger partial charge in [0.1, 0.15) is 18.7 Å². The SMILES string of the molecule is NC1=NCc2nncn2-c2ccccc21. The van der Waals surface area contributed by atoms with Crippen molar-refractivity contribution in [2.45, 2.75) is 6.54 Å². The molecular formula is C10H9N5. The van der Waals surface area contributed by atoms with Gasteiger partial charge in [0.25, 0.3) is 0 Å². The highest BCUT2D eigenvalue weighted by Gasteiger charge is 2.15. The van der Waals surface area contributed by atoms with E-state index in [0.717, 1.165) is 17.1 Å². The van der Waals surface area contributed by atoms with Gasteiger partial charge >= 0.3 is 0 Å². The summed E-state index contributed by atoms with van der Waals surface area (Å²) in [5, 5.41) is 7.87. The average Bonchev–Trinajstić information content (AvgIpc) is 2.69. The molecule has 5 heteroatoms. The molecule has 15 heavy (non-hydrogen) atoms. The highest BCUT2D eigenvalue weighted by Crippen LogP contribution is 2.18. The Bertz CT molecular complexity index is 540. The number of para-hydroxylation sites is 1.